The van der Waals surface area contributed by atoms with Crippen molar-refractivity contribution in [1.82, 2.24) is 9.80 Å². The monoisotopic (exact) mass is 366 g/mol. The fraction of sp³-hybridized carbons (Fsp3) is 0.905. The van der Waals surface area contributed by atoms with E-state index in [4.69, 9.17) is 5.11 Å². The van der Waals surface area contributed by atoms with Crippen LogP contribution in [0.1, 0.15) is 72.1 Å². The summed E-state index contributed by atoms with van der Waals surface area (Å²) in [7, 11) is 0. The highest BCUT2D eigenvalue weighted by Crippen LogP contribution is 2.33. The molecule has 5 nitrogen and oxygen atoms in total. The number of carbonyl (C=O) groups excluding carboxylic acids is 1. The van der Waals surface area contributed by atoms with Crippen LogP contribution in [0.2, 0.25) is 0 Å². The Labute approximate surface area is 159 Å². The Hall–Kier alpha value is -1.10. The molecule has 1 unspecified atom stereocenters. The minimum atomic E-state index is -0.766. The van der Waals surface area contributed by atoms with Crippen LogP contribution < -0.4 is 0 Å². The summed E-state index contributed by atoms with van der Waals surface area (Å²) >= 11 is 0. The van der Waals surface area contributed by atoms with Crippen molar-refractivity contribution in [1.29, 1.82) is 0 Å². The summed E-state index contributed by atoms with van der Waals surface area (Å²) in [6, 6.07) is 0.288. The van der Waals surface area contributed by atoms with Crippen LogP contribution in [0, 0.1) is 17.8 Å². The molecule has 5 heteroatoms. The number of carbonyl (C=O) groups is 2. The van der Waals surface area contributed by atoms with Gasteiger partial charge in [0.05, 0.1) is 6.54 Å². The molecule has 1 atom stereocenters. The zero-order valence-electron chi connectivity index (χ0n) is 17.0. The van der Waals surface area contributed by atoms with Crippen molar-refractivity contribution in [2.75, 3.05) is 26.2 Å². The quantitative estimate of drug-likeness (QED) is 0.713. The summed E-state index contributed by atoms with van der Waals surface area (Å²) in [4.78, 5) is 28.3. The van der Waals surface area contributed by atoms with Gasteiger partial charge in [-0.05, 0) is 37.6 Å². The van der Waals surface area contributed by atoms with Crippen molar-refractivity contribution in [3.63, 3.8) is 0 Å². The van der Waals surface area contributed by atoms with Crippen molar-refractivity contribution in [2.45, 2.75) is 78.2 Å². The van der Waals surface area contributed by atoms with E-state index in [9.17, 15) is 9.59 Å². The molecule has 1 amide bonds. The predicted molar refractivity (Wildman–Crippen MR) is 104 cm³/mol. The van der Waals surface area contributed by atoms with Crippen LogP contribution >= 0.6 is 0 Å². The largest absolute Gasteiger partial charge is 0.480 e. The van der Waals surface area contributed by atoms with Crippen LogP contribution in [-0.2, 0) is 9.59 Å². The molecular weight excluding hydrogens is 328 g/mol. The average molecular weight is 367 g/mol. The first kappa shape index (κ1) is 21.2. The minimum absolute atomic E-state index is 0.103. The van der Waals surface area contributed by atoms with Crippen molar-refractivity contribution in [3.8, 4) is 0 Å². The van der Waals surface area contributed by atoms with Crippen molar-refractivity contribution < 1.29 is 14.7 Å². The van der Waals surface area contributed by atoms with Gasteiger partial charge in [0, 0.05) is 25.0 Å². The average Bonchev–Trinajstić information content (AvgIpc) is 2.64. The number of carboxylic acid groups (broad SMARTS) is 1. The van der Waals surface area contributed by atoms with E-state index < -0.39 is 5.97 Å². The zero-order valence-corrected chi connectivity index (χ0v) is 17.0. The van der Waals surface area contributed by atoms with Crippen LogP contribution in [0.5, 0.6) is 0 Å². The second-order valence-corrected chi connectivity index (χ2v) is 8.60. The Morgan fingerprint density at radius 2 is 1.69 bits per heavy atom. The molecule has 0 aromatic rings. The summed E-state index contributed by atoms with van der Waals surface area (Å²) in [5, 5.41) is 9.07. The van der Waals surface area contributed by atoms with Gasteiger partial charge in [-0.2, -0.15) is 0 Å². The van der Waals surface area contributed by atoms with E-state index >= 15 is 0 Å². The van der Waals surface area contributed by atoms with Gasteiger partial charge in [-0.3, -0.25) is 14.5 Å². The van der Waals surface area contributed by atoms with E-state index in [0.29, 0.717) is 11.8 Å². The van der Waals surface area contributed by atoms with Gasteiger partial charge in [-0.15, -0.1) is 0 Å². The molecule has 0 aromatic heterocycles. The molecule has 1 saturated heterocycles. The number of piperidine rings is 1. The number of aliphatic carboxylic acids is 1. The highest BCUT2D eigenvalue weighted by molar-refractivity contribution is 5.79. The lowest BCUT2D eigenvalue weighted by atomic mass is 9.78. The van der Waals surface area contributed by atoms with E-state index in [-0.39, 0.29) is 18.5 Å². The third-order valence-electron chi connectivity index (χ3n) is 6.47. The molecule has 0 spiro atoms. The lowest BCUT2D eigenvalue weighted by Gasteiger charge is -2.39. The van der Waals surface area contributed by atoms with E-state index in [1.807, 2.05) is 11.8 Å². The summed E-state index contributed by atoms with van der Waals surface area (Å²) in [6.45, 7) is 8.78. The smallest absolute Gasteiger partial charge is 0.317 e. The van der Waals surface area contributed by atoms with Gasteiger partial charge in [0.1, 0.15) is 0 Å². The third kappa shape index (κ3) is 5.97. The molecule has 150 valence electrons. The number of nitrogens with zero attached hydrogens (tertiary/aromatic N) is 2. The molecule has 1 aliphatic heterocycles. The molecule has 1 saturated carbocycles. The predicted octanol–water partition coefficient (Wildman–Crippen LogP) is 3.63. The number of likely N-dealkylation sites (tertiary alicyclic amines) is 1. The maximum absolute atomic E-state index is 13.2. The van der Waals surface area contributed by atoms with Crippen molar-refractivity contribution in [3.05, 3.63) is 0 Å². The molecule has 2 rings (SSSR count). The number of hydrogen-bond acceptors (Lipinski definition) is 3. The standard InChI is InChI=1S/C21H38N2O3/c1-4-22(15-20(24)25)18-10-12-23(13-11-18)21(26)19(16(2)3)14-17-8-6-5-7-9-17/h16-19H,4-15H2,1-3H3,(H,24,25). The first-order valence-electron chi connectivity index (χ1n) is 10.7. The first-order valence-corrected chi connectivity index (χ1v) is 10.7. The molecule has 26 heavy (non-hydrogen) atoms. The minimum Gasteiger partial charge on any atom is -0.480 e. The number of carboxylic acids is 1. The van der Waals surface area contributed by atoms with Gasteiger partial charge in [-0.25, -0.2) is 0 Å². The maximum Gasteiger partial charge on any atom is 0.317 e. The Morgan fingerprint density at radius 1 is 1.08 bits per heavy atom. The van der Waals surface area contributed by atoms with E-state index in [1.54, 1.807) is 0 Å². The highest BCUT2D eigenvalue weighted by atomic mass is 16.4. The normalized spacial score (nSPS) is 21.3. The van der Waals surface area contributed by atoms with Crippen molar-refractivity contribution >= 4 is 11.9 Å². The van der Waals surface area contributed by atoms with E-state index in [0.717, 1.165) is 44.8 Å². The second kappa shape index (κ2) is 10.3. The SMILES string of the molecule is CCN(CC(=O)O)C1CCN(C(=O)C(CC2CCCCC2)C(C)C)CC1. The topological polar surface area (TPSA) is 60.9 Å². The Bertz CT molecular complexity index is 452. The number of rotatable bonds is 8. The number of likely N-dealkylation sites (N-methyl/N-ethyl adjacent to an activating group) is 1. The molecule has 0 radical (unpaired) electrons. The lowest BCUT2D eigenvalue weighted by Crippen LogP contribution is -2.50. The van der Waals surface area contributed by atoms with Crippen LogP contribution in [0.4, 0.5) is 0 Å². The van der Waals surface area contributed by atoms with Gasteiger partial charge < -0.3 is 10.0 Å². The molecule has 2 aliphatic rings. The third-order valence-corrected chi connectivity index (χ3v) is 6.47. The summed E-state index contributed by atoms with van der Waals surface area (Å²) in [5.74, 6) is 0.837. The molecule has 1 aliphatic carbocycles. The molecule has 0 bridgehead atoms. The summed E-state index contributed by atoms with van der Waals surface area (Å²) in [6.07, 6.45) is 9.42. The van der Waals surface area contributed by atoms with E-state index in [1.165, 1.54) is 32.1 Å². The zero-order chi connectivity index (χ0) is 19.1. The van der Waals surface area contributed by atoms with Gasteiger partial charge in [-0.1, -0.05) is 52.9 Å². The fourth-order valence-corrected chi connectivity index (χ4v) is 4.80. The summed E-state index contributed by atoms with van der Waals surface area (Å²) in [5.41, 5.74) is 0. The Kier molecular flexibility index (Phi) is 8.39. The Balaban J connectivity index is 1.88. The van der Waals surface area contributed by atoms with Gasteiger partial charge in [0.25, 0.3) is 0 Å². The molecule has 0 aromatic carbocycles. The van der Waals surface area contributed by atoms with Gasteiger partial charge >= 0.3 is 5.97 Å². The van der Waals surface area contributed by atoms with Crippen LogP contribution in [0.3, 0.4) is 0 Å². The molecule has 1 N–H and O–H groups in total. The number of hydrogen-bond donors (Lipinski definition) is 1. The lowest BCUT2D eigenvalue weighted by molar-refractivity contribution is -0.142. The Morgan fingerprint density at radius 3 is 2.19 bits per heavy atom. The van der Waals surface area contributed by atoms with Gasteiger partial charge in [0.2, 0.25) is 5.91 Å². The van der Waals surface area contributed by atoms with Crippen LogP contribution in [0.25, 0.3) is 0 Å². The maximum atomic E-state index is 13.2. The molecule has 2 fully saturated rings. The van der Waals surface area contributed by atoms with Crippen LogP contribution in [0.15, 0.2) is 0 Å². The first-order chi connectivity index (χ1) is 12.4. The van der Waals surface area contributed by atoms with Crippen LogP contribution in [-0.4, -0.2) is 59.0 Å². The highest BCUT2D eigenvalue weighted by Gasteiger charge is 2.33. The second-order valence-electron chi connectivity index (χ2n) is 8.60. The fourth-order valence-electron chi connectivity index (χ4n) is 4.80. The van der Waals surface area contributed by atoms with Crippen molar-refractivity contribution in [2.24, 2.45) is 17.8 Å². The summed E-state index contributed by atoms with van der Waals surface area (Å²) < 4.78 is 0. The van der Waals surface area contributed by atoms with Gasteiger partial charge in [0.15, 0.2) is 0 Å². The van der Waals surface area contributed by atoms with E-state index in [2.05, 4.69) is 18.7 Å². The molecular formula is C21H38N2O3. The number of amides is 1. The molecule has 1 heterocycles.